The van der Waals surface area contributed by atoms with Crippen molar-refractivity contribution in [2.75, 3.05) is 36.4 Å². The number of thiazole rings is 1. The predicted octanol–water partition coefficient (Wildman–Crippen LogP) is 5.97. The van der Waals surface area contributed by atoms with Gasteiger partial charge < -0.3 is 10.0 Å². The molecule has 0 saturated carbocycles. The number of rotatable bonds is 7. The van der Waals surface area contributed by atoms with E-state index < -0.39 is 5.97 Å². The summed E-state index contributed by atoms with van der Waals surface area (Å²) in [5.74, 6) is -0.203. The van der Waals surface area contributed by atoms with Crippen molar-refractivity contribution in [2.24, 2.45) is 11.8 Å². The van der Waals surface area contributed by atoms with Crippen LogP contribution in [0, 0.1) is 11.8 Å². The molecule has 3 aromatic heterocycles. The minimum Gasteiger partial charge on any atom is -0.481 e. The molecular weight excluding hydrogens is 553 g/mol. The van der Waals surface area contributed by atoms with E-state index in [1.807, 2.05) is 16.3 Å². The highest BCUT2D eigenvalue weighted by molar-refractivity contribution is 7.17. The van der Waals surface area contributed by atoms with Crippen LogP contribution < -0.4 is 10.2 Å². The van der Waals surface area contributed by atoms with Crippen LogP contribution in [0.1, 0.15) is 41.4 Å². The summed E-state index contributed by atoms with van der Waals surface area (Å²) in [4.78, 5) is 39.9. The number of hydrogen-bond acceptors (Lipinski definition) is 8. The average molecular weight is 581 g/mol. The molecule has 0 aromatic carbocycles. The fourth-order valence-electron chi connectivity index (χ4n) is 4.81. The lowest BCUT2D eigenvalue weighted by Gasteiger charge is -2.31. The highest BCUT2D eigenvalue weighted by atomic mass is 35.5. The molecule has 8 nitrogen and oxygen atoms in total. The van der Waals surface area contributed by atoms with Gasteiger partial charge in [-0.15, -0.1) is 11.3 Å². The monoisotopic (exact) mass is 579 g/mol. The molecule has 196 valence electrons. The first-order valence-corrected chi connectivity index (χ1v) is 14.6. The summed E-state index contributed by atoms with van der Waals surface area (Å²) in [6.45, 7) is 6.26. The Morgan fingerprint density at radius 3 is 2.59 bits per heavy atom. The molecule has 3 aromatic rings. The van der Waals surface area contributed by atoms with Crippen LogP contribution >= 0.6 is 45.9 Å². The summed E-state index contributed by atoms with van der Waals surface area (Å²) in [7, 11) is 0. The van der Waals surface area contributed by atoms with Crippen molar-refractivity contribution in [3.63, 3.8) is 0 Å². The van der Waals surface area contributed by atoms with Crippen molar-refractivity contribution < 1.29 is 14.7 Å². The van der Waals surface area contributed by atoms with E-state index in [1.165, 1.54) is 35.3 Å². The third-order valence-electron chi connectivity index (χ3n) is 6.82. The number of pyridine rings is 1. The van der Waals surface area contributed by atoms with E-state index in [2.05, 4.69) is 22.1 Å². The zero-order valence-corrected chi connectivity index (χ0v) is 23.4. The van der Waals surface area contributed by atoms with Crippen molar-refractivity contribution in [1.29, 1.82) is 0 Å². The van der Waals surface area contributed by atoms with E-state index in [0.29, 0.717) is 58.4 Å². The van der Waals surface area contributed by atoms with Gasteiger partial charge in [0.1, 0.15) is 5.82 Å². The Bertz CT molecular complexity index is 1310. The number of carbonyl (C=O) groups excluding carboxylic acids is 1. The van der Waals surface area contributed by atoms with E-state index in [1.54, 1.807) is 6.07 Å². The van der Waals surface area contributed by atoms with Crippen LogP contribution in [0.3, 0.4) is 0 Å². The number of nitrogens with one attached hydrogen (secondary N) is 1. The number of halogens is 2. The molecule has 0 unspecified atom stereocenters. The van der Waals surface area contributed by atoms with Crippen LogP contribution in [0.4, 0.5) is 10.9 Å². The number of aromatic nitrogens is 2. The first kappa shape index (κ1) is 26.4. The Morgan fingerprint density at radius 1 is 1.19 bits per heavy atom. The van der Waals surface area contributed by atoms with Crippen LogP contribution in [0.2, 0.25) is 10.0 Å². The Hall–Kier alpha value is -2.24. The standard InChI is InChI=1S/C25H27Cl2N5O3S2/c1-14-2-5-31(11-14)12-20-21(19-9-17(26)13-36-19)29-25(37-20)30-23(33)16-8-18(27)22(28-10-16)32-6-3-15(4-7-32)24(34)35/h8-10,13-15H,2-7,11-12H2,1H3,(H,34,35)(H,29,30,33)/t14-/m1/s1. The molecule has 37 heavy (non-hydrogen) atoms. The van der Waals surface area contributed by atoms with E-state index in [4.69, 9.17) is 28.2 Å². The maximum atomic E-state index is 13.1. The molecular formula is C25H27Cl2N5O3S2. The number of nitrogens with zero attached hydrogens (tertiary/aromatic N) is 4. The summed E-state index contributed by atoms with van der Waals surface area (Å²) < 4.78 is 0. The van der Waals surface area contributed by atoms with Crippen LogP contribution in [0.25, 0.3) is 10.6 Å². The summed E-state index contributed by atoms with van der Waals surface area (Å²) in [6.07, 6.45) is 3.76. The molecule has 2 saturated heterocycles. The Balaban J connectivity index is 1.31. The van der Waals surface area contributed by atoms with Crippen LogP contribution in [0.5, 0.6) is 0 Å². The van der Waals surface area contributed by atoms with Crippen molar-refractivity contribution in [2.45, 2.75) is 32.7 Å². The second kappa shape index (κ2) is 11.2. The second-order valence-electron chi connectivity index (χ2n) is 9.63. The van der Waals surface area contributed by atoms with Crippen molar-refractivity contribution in [3.8, 4) is 10.6 Å². The van der Waals surface area contributed by atoms with Gasteiger partial charge in [-0.25, -0.2) is 9.97 Å². The molecule has 2 N–H and O–H groups in total. The molecule has 2 aliphatic heterocycles. The van der Waals surface area contributed by atoms with E-state index in [0.717, 1.165) is 35.1 Å². The normalized spacial score (nSPS) is 18.9. The number of carboxylic acid groups (broad SMARTS) is 1. The molecule has 5 rings (SSSR count). The van der Waals surface area contributed by atoms with E-state index in [9.17, 15) is 14.7 Å². The highest BCUT2D eigenvalue weighted by Crippen LogP contribution is 2.38. The van der Waals surface area contributed by atoms with Gasteiger partial charge in [-0.3, -0.25) is 19.8 Å². The number of anilines is 2. The van der Waals surface area contributed by atoms with Crippen LogP contribution in [-0.4, -0.2) is 58.0 Å². The topological polar surface area (TPSA) is 98.7 Å². The molecule has 0 bridgehead atoms. The minimum atomic E-state index is -0.767. The van der Waals surface area contributed by atoms with Gasteiger partial charge in [-0.05, 0) is 43.9 Å². The highest BCUT2D eigenvalue weighted by Gasteiger charge is 2.27. The Labute approximate surface area is 233 Å². The zero-order chi connectivity index (χ0) is 26.1. The van der Waals surface area contributed by atoms with E-state index >= 15 is 0 Å². The van der Waals surface area contributed by atoms with Gasteiger partial charge in [-0.2, -0.15) is 0 Å². The number of amides is 1. The summed E-state index contributed by atoms with van der Waals surface area (Å²) in [6, 6.07) is 3.51. The first-order valence-electron chi connectivity index (χ1n) is 12.2. The molecule has 1 amide bonds. The molecule has 12 heteroatoms. The van der Waals surface area contributed by atoms with Crippen molar-refractivity contribution >= 4 is 68.7 Å². The predicted molar refractivity (Wildman–Crippen MR) is 149 cm³/mol. The maximum absolute atomic E-state index is 13.1. The summed E-state index contributed by atoms with van der Waals surface area (Å²) in [5.41, 5.74) is 1.19. The van der Waals surface area contributed by atoms with Crippen molar-refractivity contribution in [3.05, 3.63) is 44.2 Å². The molecule has 0 spiro atoms. The Kier molecular flexibility index (Phi) is 8.02. The maximum Gasteiger partial charge on any atom is 0.306 e. The molecule has 5 heterocycles. The average Bonchev–Trinajstić information content (AvgIpc) is 3.59. The van der Waals surface area contributed by atoms with Gasteiger partial charge in [0.15, 0.2) is 5.13 Å². The number of hydrogen-bond donors (Lipinski definition) is 2. The fraction of sp³-hybridized carbons (Fsp3) is 0.440. The fourth-order valence-corrected chi connectivity index (χ4v) is 7.26. The van der Waals surface area contributed by atoms with Gasteiger partial charge >= 0.3 is 5.97 Å². The quantitative estimate of drug-likeness (QED) is 0.355. The minimum absolute atomic E-state index is 0.333. The smallest absolute Gasteiger partial charge is 0.306 e. The SMILES string of the molecule is C[C@@H]1CCN(Cc2sc(NC(=O)c3cnc(N4CCC(C(=O)O)CC4)c(Cl)c3)nc2-c2cc(Cl)cs2)C1. The van der Waals surface area contributed by atoms with Gasteiger partial charge in [0.2, 0.25) is 0 Å². The van der Waals surface area contributed by atoms with Gasteiger partial charge in [0, 0.05) is 42.6 Å². The first-order chi connectivity index (χ1) is 17.8. The van der Waals surface area contributed by atoms with Gasteiger partial charge in [0.05, 0.1) is 32.1 Å². The number of carbonyl (C=O) groups is 2. The number of thiophene rings is 1. The number of likely N-dealkylation sites (tertiary alicyclic amines) is 1. The number of carboxylic acids is 1. The summed E-state index contributed by atoms with van der Waals surface area (Å²) >= 11 is 15.7. The third kappa shape index (κ3) is 6.09. The molecule has 0 radical (unpaired) electrons. The molecule has 2 aliphatic rings. The van der Waals surface area contributed by atoms with Crippen LogP contribution in [-0.2, 0) is 11.3 Å². The van der Waals surface area contributed by atoms with E-state index in [-0.39, 0.29) is 11.8 Å². The second-order valence-corrected chi connectivity index (χ2v) is 12.5. The molecule has 2 fully saturated rings. The van der Waals surface area contributed by atoms with Crippen molar-refractivity contribution in [1.82, 2.24) is 14.9 Å². The molecule has 1 atom stereocenters. The Morgan fingerprint density at radius 2 is 1.97 bits per heavy atom. The van der Waals surface area contributed by atoms with Crippen LogP contribution in [0.15, 0.2) is 23.7 Å². The number of piperidine rings is 1. The number of aliphatic carboxylic acids is 1. The third-order valence-corrected chi connectivity index (χ3v) is 9.34. The summed E-state index contributed by atoms with van der Waals surface area (Å²) in [5, 5.41) is 15.6. The lowest BCUT2D eigenvalue weighted by molar-refractivity contribution is -0.142. The largest absolute Gasteiger partial charge is 0.481 e. The zero-order valence-electron chi connectivity index (χ0n) is 20.2. The lowest BCUT2D eigenvalue weighted by atomic mass is 9.97. The van der Waals surface area contributed by atoms with Gasteiger partial charge in [-0.1, -0.05) is 41.5 Å². The lowest BCUT2D eigenvalue weighted by Crippen LogP contribution is -2.37. The van der Waals surface area contributed by atoms with Gasteiger partial charge in [0.25, 0.3) is 5.91 Å². The molecule has 0 aliphatic carbocycles.